The average Bonchev–Trinajstić information content (AvgIpc) is 3.53. The highest BCUT2D eigenvalue weighted by molar-refractivity contribution is 5.79. The van der Waals surface area contributed by atoms with Gasteiger partial charge in [-0.3, -0.25) is 19.3 Å². The number of carboxylic acid groups (broad SMARTS) is 1. The molecule has 0 aliphatic carbocycles. The van der Waals surface area contributed by atoms with Crippen LogP contribution in [0.3, 0.4) is 0 Å². The van der Waals surface area contributed by atoms with Gasteiger partial charge in [0.15, 0.2) is 11.5 Å². The lowest BCUT2D eigenvalue weighted by Gasteiger charge is -2.31. The molecule has 2 aliphatic rings. The number of nitrogens with zero attached hydrogens (tertiary/aromatic N) is 3. The molecule has 0 radical (unpaired) electrons. The molecule has 1 aromatic carbocycles. The van der Waals surface area contributed by atoms with Gasteiger partial charge in [0.1, 0.15) is 0 Å². The molecular formula is C28H43N3O8. The normalized spacial score (nSPS) is 20.2. The Balaban J connectivity index is 1.94. The Kier molecular flexibility index (Phi) is 11.2. The number of unbranched alkanes of at least 4 members (excludes halogenated alkanes) is 1. The number of amides is 2. The molecule has 2 N–H and O–H groups in total. The van der Waals surface area contributed by atoms with Crippen molar-refractivity contribution in [3.63, 3.8) is 0 Å². The maximum absolute atomic E-state index is 13.5. The molecule has 218 valence electrons. The molecule has 3 atom stereocenters. The zero-order chi connectivity index (χ0) is 28.5. The lowest BCUT2D eigenvalue weighted by Crippen LogP contribution is -2.46. The Hall–Kier alpha value is -3.05. The molecule has 39 heavy (non-hydrogen) atoms. The van der Waals surface area contributed by atoms with Gasteiger partial charge in [-0.25, -0.2) is 0 Å². The van der Waals surface area contributed by atoms with Gasteiger partial charge < -0.3 is 34.2 Å². The second-order valence-electron chi connectivity index (χ2n) is 10.1. The number of aliphatic hydroxyl groups is 1. The number of aliphatic carboxylic acids is 1. The summed E-state index contributed by atoms with van der Waals surface area (Å²) >= 11 is 0. The maximum Gasteiger partial charge on any atom is 0.308 e. The molecule has 1 fully saturated rings. The fourth-order valence-electron chi connectivity index (χ4n) is 5.63. The van der Waals surface area contributed by atoms with Gasteiger partial charge in [0.2, 0.25) is 24.4 Å². The molecule has 0 aromatic heterocycles. The number of aliphatic hydroxyl groups excluding tert-OH is 1. The van der Waals surface area contributed by atoms with E-state index in [0.29, 0.717) is 62.8 Å². The van der Waals surface area contributed by atoms with E-state index < -0.39 is 23.8 Å². The number of carboxylic acids is 1. The van der Waals surface area contributed by atoms with Crippen LogP contribution in [0, 0.1) is 5.92 Å². The van der Waals surface area contributed by atoms with E-state index in [1.165, 1.54) is 14.0 Å². The number of carbonyl (C=O) groups is 3. The molecule has 1 saturated heterocycles. The van der Waals surface area contributed by atoms with Crippen molar-refractivity contribution < 1.29 is 38.8 Å². The minimum Gasteiger partial charge on any atom is -0.493 e. The van der Waals surface area contributed by atoms with Gasteiger partial charge in [-0.2, -0.15) is 0 Å². The van der Waals surface area contributed by atoms with E-state index in [9.17, 15) is 24.6 Å². The highest BCUT2D eigenvalue weighted by atomic mass is 16.7. The van der Waals surface area contributed by atoms with Crippen LogP contribution in [-0.4, -0.2) is 109 Å². The molecule has 11 heteroatoms. The second kappa shape index (κ2) is 14.4. The molecule has 0 unspecified atom stereocenters. The van der Waals surface area contributed by atoms with Crippen molar-refractivity contribution in [2.24, 2.45) is 5.92 Å². The van der Waals surface area contributed by atoms with Crippen LogP contribution in [0.15, 0.2) is 12.1 Å². The smallest absolute Gasteiger partial charge is 0.308 e. The Morgan fingerprint density at radius 2 is 1.85 bits per heavy atom. The Morgan fingerprint density at radius 1 is 1.10 bits per heavy atom. The number of ether oxygens (including phenoxy) is 3. The molecule has 0 spiro atoms. The summed E-state index contributed by atoms with van der Waals surface area (Å²) in [6, 6.07) is 3.13. The minimum atomic E-state index is -0.953. The van der Waals surface area contributed by atoms with Crippen LogP contribution in [0.1, 0.15) is 57.9 Å². The SMILES string of the molecule is CCCCN(CCCO)C(=O)CN1C[C@H](c2cc(OC)c3c(c2)OCO3)[C@@H](C(=O)O)[C@@H]1CCN(CC)C(C)=O. The topological polar surface area (TPSA) is 129 Å². The monoisotopic (exact) mass is 549 g/mol. The van der Waals surface area contributed by atoms with Crippen molar-refractivity contribution in [2.75, 3.05) is 59.8 Å². The van der Waals surface area contributed by atoms with E-state index in [-0.39, 0.29) is 31.8 Å². The van der Waals surface area contributed by atoms with E-state index in [2.05, 4.69) is 6.92 Å². The average molecular weight is 550 g/mol. The minimum absolute atomic E-state index is 0.00471. The third-order valence-corrected chi connectivity index (χ3v) is 7.72. The van der Waals surface area contributed by atoms with E-state index in [1.807, 2.05) is 11.8 Å². The summed E-state index contributed by atoms with van der Waals surface area (Å²) < 4.78 is 16.6. The first-order chi connectivity index (χ1) is 18.7. The van der Waals surface area contributed by atoms with Gasteiger partial charge in [0, 0.05) is 58.2 Å². The van der Waals surface area contributed by atoms with E-state index in [1.54, 1.807) is 21.9 Å². The van der Waals surface area contributed by atoms with Crippen molar-refractivity contribution in [3.8, 4) is 17.2 Å². The zero-order valence-corrected chi connectivity index (χ0v) is 23.6. The number of methoxy groups -OCH3 is 1. The van der Waals surface area contributed by atoms with Crippen molar-refractivity contribution in [1.29, 1.82) is 0 Å². The number of likely N-dealkylation sites (tertiary alicyclic amines) is 1. The Bertz CT molecular complexity index is 995. The van der Waals surface area contributed by atoms with Crippen molar-refractivity contribution in [3.05, 3.63) is 17.7 Å². The van der Waals surface area contributed by atoms with Crippen molar-refractivity contribution >= 4 is 17.8 Å². The summed E-state index contributed by atoms with van der Waals surface area (Å²) in [6.45, 7) is 7.88. The fourth-order valence-corrected chi connectivity index (χ4v) is 5.63. The first-order valence-corrected chi connectivity index (χ1v) is 13.8. The number of rotatable bonds is 15. The van der Waals surface area contributed by atoms with Crippen molar-refractivity contribution in [1.82, 2.24) is 14.7 Å². The number of hydrogen-bond acceptors (Lipinski definition) is 8. The quantitative estimate of drug-likeness (QED) is 0.338. The molecule has 11 nitrogen and oxygen atoms in total. The first-order valence-electron chi connectivity index (χ1n) is 13.8. The van der Waals surface area contributed by atoms with E-state index in [0.717, 1.165) is 18.4 Å². The van der Waals surface area contributed by atoms with Crippen LogP contribution in [0.2, 0.25) is 0 Å². The summed E-state index contributed by atoms with van der Waals surface area (Å²) in [5.74, 6) is -0.893. The second-order valence-corrected chi connectivity index (χ2v) is 10.1. The lowest BCUT2D eigenvalue weighted by molar-refractivity contribution is -0.144. The predicted octanol–water partition coefficient (Wildman–Crippen LogP) is 2.16. The third-order valence-electron chi connectivity index (χ3n) is 7.72. The van der Waals surface area contributed by atoms with Gasteiger partial charge in [-0.15, -0.1) is 0 Å². The number of hydrogen-bond donors (Lipinski definition) is 2. The molecule has 0 bridgehead atoms. The maximum atomic E-state index is 13.5. The fraction of sp³-hybridized carbons (Fsp3) is 0.679. The summed E-state index contributed by atoms with van der Waals surface area (Å²) in [5.41, 5.74) is 0.741. The largest absolute Gasteiger partial charge is 0.493 e. The van der Waals surface area contributed by atoms with Gasteiger partial charge in [-0.05, 0) is 43.9 Å². The van der Waals surface area contributed by atoms with Crippen LogP contribution in [0.5, 0.6) is 17.2 Å². The molecule has 2 amide bonds. The summed E-state index contributed by atoms with van der Waals surface area (Å²) in [6.07, 6.45) is 2.69. The van der Waals surface area contributed by atoms with Gasteiger partial charge >= 0.3 is 5.97 Å². The van der Waals surface area contributed by atoms with Gasteiger partial charge in [-0.1, -0.05) is 13.3 Å². The van der Waals surface area contributed by atoms with Crippen LogP contribution in [0.25, 0.3) is 0 Å². The summed E-state index contributed by atoms with van der Waals surface area (Å²) in [4.78, 5) is 43.7. The number of fused-ring (bicyclic) bond motifs is 1. The van der Waals surface area contributed by atoms with Crippen LogP contribution >= 0.6 is 0 Å². The highest BCUT2D eigenvalue weighted by Crippen LogP contribution is 2.47. The summed E-state index contributed by atoms with van der Waals surface area (Å²) in [5, 5.41) is 19.8. The third kappa shape index (κ3) is 7.33. The molecule has 1 aromatic rings. The van der Waals surface area contributed by atoms with Gasteiger partial charge in [0.05, 0.1) is 19.6 Å². The van der Waals surface area contributed by atoms with Gasteiger partial charge in [0.25, 0.3) is 0 Å². The standard InChI is InChI=1S/C28H43N3O8/c1-5-7-10-30(11-8-13-32)25(34)17-31-16-21(20-14-23(37-4)27-24(15-20)38-18-39-27)26(28(35)36)22(31)9-12-29(6-2)19(3)33/h14-15,21-22,26,32H,5-13,16-18H2,1-4H3,(H,35,36)/t21-,22+,26-/m1/s1. The van der Waals surface area contributed by atoms with Crippen LogP contribution in [0.4, 0.5) is 0 Å². The number of carbonyl (C=O) groups excluding carboxylic acids is 2. The Morgan fingerprint density at radius 3 is 2.46 bits per heavy atom. The van der Waals surface area contributed by atoms with E-state index >= 15 is 0 Å². The molecule has 3 rings (SSSR count). The molecule has 2 heterocycles. The zero-order valence-electron chi connectivity index (χ0n) is 23.6. The molecule has 2 aliphatic heterocycles. The molecular weight excluding hydrogens is 506 g/mol. The Labute approximate surface area is 230 Å². The van der Waals surface area contributed by atoms with Crippen LogP contribution < -0.4 is 14.2 Å². The highest BCUT2D eigenvalue weighted by Gasteiger charge is 2.47. The van der Waals surface area contributed by atoms with E-state index in [4.69, 9.17) is 14.2 Å². The molecule has 0 saturated carbocycles. The number of benzene rings is 1. The summed E-state index contributed by atoms with van der Waals surface area (Å²) in [7, 11) is 1.52. The van der Waals surface area contributed by atoms with Crippen molar-refractivity contribution in [2.45, 2.75) is 58.4 Å². The first kappa shape index (κ1) is 30.5. The lowest BCUT2D eigenvalue weighted by atomic mass is 9.84. The predicted molar refractivity (Wildman–Crippen MR) is 144 cm³/mol. The van der Waals surface area contributed by atoms with Crippen LogP contribution in [-0.2, 0) is 14.4 Å².